The van der Waals surface area contributed by atoms with Gasteiger partial charge in [0.25, 0.3) is 0 Å². The van der Waals surface area contributed by atoms with Gasteiger partial charge < -0.3 is 15.0 Å². The molecule has 0 atom stereocenters. The number of fused-ring (bicyclic) bond motifs is 1. The molecule has 11 heteroatoms. The second kappa shape index (κ2) is 11.4. The minimum Gasteiger partial charge on any atom is -0.444 e. The van der Waals surface area contributed by atoms with Crippen LogP contribution in [0.3, 0.4) is 0 Å². The number of ether oxygens (including phenoxy) is 1. The number of likely N-dealkylation sites (tertiary alicyclic amines) is 1. The molecule has 9 nitrogen and oxygen atoms in total. The monoisotopic (exact) mass is 543 g/mol. The van der Waals surface area contributed by atoms with Crippen molar-refractivity contribution in [1.82, 2.24) is 9.88 Å². The third kappa shape index (κ3) is 7.33. The number of aromatic nitrogens is 1. The Morgan fingerprint density at radius 1 is 1.14 bits per heavy atom. The molecule has 2 N–H and O–H groups in total. The number of benzene rings is 2. The summed E-state index contributed by atoms with van der Waals surface area (Å²) in [6.07, 6.45) is 1.81. The molecule has 4 rings (SSSR count). The van der Waals surface area contributed by atoms with Crippen molar-refractivity contribution in [2.24, 2.45) is 0 Å². The fourth-order valence-electron chi connectivity index (χ4n) is 3.92. The van der Waals surface area contributed by atoms with Gasteiger partial charge in [-0.3, -0.25) is 15.0 Å². The fourth-order valence-corrected chi connectivity index (χ4v) is 4.88. The summed E-state index contributed by atoms with van der Waals surface area (Å²) >= 11 is 7.29. The van der Waals surface area contributed by atoms with Crippen LogP contribution in [-0.4, -0.2) is 53.2 Å². The van der Waals surface area contributed by atoms with Gasteiger partial charge in [0.05, 0.1) is 10.2 Å². The highest BCUT2D eigenvalue weighted by Gasteiger charge is 2.23. The lowest BCUT2D eigenvalue weighted by atomic mass is 10.1. The average molecular weight is 544 g/mol. The summed E-state index contributed by atoms with van der Waals surface area (Å²) in [4.78, 5) is 45.8. The Hall–Kier alpha value is -3.37. The normalized spacial score (nSPS) is 13.9. The van der Waals surface area contributed by atoms with Crippen molar-refractivity contribution in [2.45, 2.75) is 45.6 Å². The lowest BCUT2D eigenvalue weighted by Gasteiger charge is -2.30. The quantitative estimate of drug-likeness (QED) is 0.377. The number of thiazole rings is 1. The number of urea groups is 1. The first-order chi connectivity index (χ1) is 17.6. The smallest absolute Gasteiger partial charge is 0.413 e. The Kier molecular flexibility index (Phi) is 8.19. The van der Waals surface area contributed by atoms with Crippen LogP contribution in [-0.2, 0) is 9.53 Å². The number of nitrogens with zero attached hydrogens (tertiary/aromatic N) is 3. The van der Waals surface area contributed by atoms with Gasteiger partial charge in [-0.1, -0.05) is 22.9 Å². The van der Waals surface area contributed by atoms with Gasteiger partial charge in [-0.2, -0.15) is 0 Å². The van der Waals surface area contributed by atoms with Crippen molar-refractivity contribution < 1.29 is 19.1 Å². The number of amides is 4. The van der Waals surface area contributed by atoms with Crippen LogP contribution in [0.15, 0.2) is 42.5 Å². The number of piperidine rings is 1. The lowest BCUT2D eigenvalue weighted by Crippen LogP contribution is -2.44. The summed E-state index contributed by atoms with van der Waals surface area (Å²) in [6.45, 7) is 6.79. The molecule has 0 bridgehead atoms. The summed E-state index contributed by atoms with van der Waals surface area (Å²) in [5.74, 6) is 0.108. The Morgan fingerprint density at radius 2 is 1.89 bits per heavy atom. The topological polar surface area (TPSA) is 104 Å². The number of nitrogens with one attached hydrogen (secondary N) is 2. The van der Waals surface area contributed by atoms with E-state index in [1.54, 1.807) is 60.9 Å². The standard InChI is InChI=1S/C26H30ClN5O4S/c1-26(2,3)36-25(35)30-23-29-20-16-19(11-12-21(20)37-23)32(15-14-31-13-5-4-6-22(31)33)24(34)28-18-9-7-17(27)8-10-18/h7-12,16H,4-6,13-15H2,1-3H3,(H,28,34)(H,29,30,35). The molecule has 4 amide bonds. The molecule has 196 valence electrons. The molecule has 2 heterocycles. The molecule has 1 aliphatic heterocycles. The number of hydrogen-bond donors (Lipinski definition) is 2. The molecular weight excluding hydrogens is 514 g/mol. The van der Waals surface area contributed by atoms with Gasteiger partial charge >= 0.3 is 12.1 Å². The van der Waals surface area contributed by atoms with Crippen LogP contribution < -0.4 is 15.5 Å². The van der Waals surface area contributed by atoms with Crippen LogP contribution in [0.2, 0.25) is 5.02 Å². The number of carbonyl (C=O) groups excluding carboxylic acids is 3. The summed E-state index contributed by atoms with van der Waals surface area (Å²) < 4.78 is 6.15. The van der Waals surface area contributed by atoms with E-state index in [1.165, 1.54) is 11.3 Å². The van der Waals surface area contributed by atoms with E-state index < -0.39 is 11.7 Å². The van der Waals surface area contributed by atoms with E-state index in [4.69, 9.17) is 16.3 Å². The fraction of sp³-hybridized carbons (Fsp3) is 0.385. The molecule has 0 aliphatic carbocycles. The van der Waals surface area contributed by atoms with Gasteiger partial charge in [-0.15, -0.1) is 0 Å². The number of hydrogen-bond acceptors (Lipinski definition) is 6. The molecule has 1 saturated heterocycles. The van der Waals surface area contributed by atoms with E-state index in [2.05, 4.69) is 15.6 Å². The molecule has 0 saturated carbocycles. The van der Waals surface area contributed by atoms with Crippen LogP contribution in [0.4, 0.5) is 26.1 Å². The molecule has 1 aromatic heterocycles. The summed E-state index contributed by atoms with van der Waals surface area (Å²) in [5, 5.41) is 6.54. The van der Waals surface area contributed by atoms with Crippen LogP contribution >= 0.6 is 22.9 Å². The zero-order valence-corrected chi connectivity index (χ0v) is 22.6. The van der Waals surface area contributed by atoms with Gasteiger partial charge in [0.15, 0.2) is 5.13 Å². The number of carbonyl (C=O) groups is 3. The lowest BCUT2D eigenvalue weighted by molar-refractivity contribution is -0.133. The third-order valence-electron chi connectivity index (χ3n) is 5.65. The van der Waals surface area contributed by atoms with Gasteiger partial charge in [0.1, 0.15) is 5.60 Å². The van der Waals surface area contributed by atoms with Gasteiger partial charge in [0, 0.05) is 42.5 Å². The second-order valence-corrected chi connectivity index (χ2v) is 11.2. The van der Waals surface area contributed by atoms with Gasteiger partial charge in [-0.05, 0) is 76.1 Å². The highest BCUT2D eigenvalue weighted by atomic mass is 35.5. The highest BCUT2D eigenvalue weighted by Crippen LogP contribution is 2.30. The Balaban J connectivity index is 1.55. The maximum absolute atomic E-state index is 13.4. The molecule has 3 aromatic rings. The summed E-state index contributed by atoms with van der Waals surface area (Å²) in [7, 11) is 0. The van der Waals surface area contributed by atoms with E-state index >= 15 is 0 Å². The van der Waals surface area contributed by atoms with Crippen molar-refractivity contribution in [2.75, 3.05) is 35.2 Å². The Labute approximate surface area is 224 Å². The SMILES string of the molecule is CC(C)(C)OC(=O)Nc1nc2cc(N(CCN3CCCCC3=O)C(=O)Nc3ccc(Cl)cc3)ccc2s1. The summed E-state index contributed by atoms with van der Waals surface area (Å²) in [5.41, 5.74) is 1.23. The Morgan fingerprint density at radius 3 is 2.59 bits per heavy atom. The minimum atomic E-state index is -0.623. The molecule has 0 spiro atoms. The minimum absolute atomic E-state index is 0.108. The number of anilines is 3. The molecule has 1 aliphatic rings. The van der Waals surface area contributed by atoms with E-state index in [0.29, 0.717) is 53.1 Å². The predicted molar refractivity (Wildman–Crippen MR) is 148 cm³/mol. The van der Waals surface area contributed by atoms with Crippen molar-refractivity contribution in [3.05, 3.63) is 47.5 Å². The third-order valence-corrected chi connectivity index (χ3v) is 6.85. The zero-order valence-electron chi connectivity index (χ0n) is 21.0. The second-order valence-electron chi connectivity index (χ2n) is 9.72. The predicted octanol–water partition coefficient (Wildman–Crippen LogP) is 6.35. The van der Waals surface area contributed by atoms with Gasteiger partial charge in [-0.25, -0.2) is 14.6 Å². The van der Waals surface area contributed by atoms with E-state index in [0.717, 1.165) is 17.5 Å². The molecule has 2 aromatic carbocycles. The van der Waals surface area contributed by atoms with E-state index in [1.807, 2.05) is 12.1 Å². The first-order valence-electron chi connectivity index (χ1n) is 12.1. The van der Waals surface area contributed by atoms with E-state index in [9.17, 15) is 14.4 Å². The van der Waals surface area contributed by atoms with Crippen LogP contribution in [0.1, 0.15) is 40.0 Å². The first-order valence-corrected chi connectivity index (χ1v) is 13.3. The van der Waals surface area contributed by atoms with Crippen LogP contribution in [0, 0.1) is 0 Å². The van der Waals surface area contributed by atoms with Crippen molar-refractivity contribution in [1.29, 1.82) is 0 Å². The number of halogens is 1. The van der Waals surface area contributed by atoms with Crippen LogP contribution in [0.25, 0.3) is 10.2 Å². The van der Waals surface area contributed by atoms with Crippen molar-refractivity contribution in [3.8, 4) is 0 Å². The zero-order chi connectivity index (χ0) is 26.6. The maximum atomic E-state index is 13.4. The molecule has 37 heavy (non-hydrogen) atoms. The largest absolute Gasteiger partial charge is 0.444 e. The maximum Gasteiger partial charge on any atom is 0.413 e. The molecule has 0 unspecified atom stereocenters. The van der Waals surface area contributed by atoms with Gasteiger partial charge in [0.2, 0.25) is 5.91 Å². The molecule has 0 radical (unpaired) electrons. The summed E-state index contributed by atoms with van der Waals surface area (Å²) in [6, 6.07) is 12.0. The van der Waals surface area contributed by atoms with Crippen molar-refractivity contribution >= 4 is 67.7 Å². The Bertz CT molecular complexity index is 1290. The van der Waals surface area contributed by atoms with E-state index in [-0.39, 0.29) is 11.9 Å². The molecule has 1 fully saturated rings. The van der Waals surface area contributed by atoms with Crippen LogP contribution in [0.5, 0.6) is 0 Å². The number of rotatable bonds is 6. The average Bonchev–Trinajstić information content (AvgIpc) is 3.22. The first kappa shape index (κ1) is 26.7. The molecular formula is C26H30ClN5O4S. The highest BCUT2D eigenvalue weighted by molar-refractivity contribution is 7.22. The van der Waals surface area contributed by atoms with Crippen molar-refractivity contribution in [3.63, 3.8) is 0 Å².